The van der Waals surface area contributed by atoms with Gasteiger partial charge < -0.3 is 4.90 Å². The quantitative estimate of drug-likeness (QED) is 0.784. The monoisotopic (exact) mass is 220 g/mol. The molecular formula is C12H20N4. The lowest BCUT2D eigenvalue weighted by atomic mass is 10.3. The molecule has 0 radical (unpaired) electrons. The van der Waals surface area contributed by atoms with Crippen molar-refractivity contribution in [3.8, 4) is 0 Å². The Morgan fingerprint density at radius 3 is 2.56 bits per heavy atom. The van der Waals surface area contributed by atoms with Crippen molar-refractivity contribution in [2.24, 2.45) is 0 Å². The summed E-state index contributed by atoms with van der Waals surface area (Å²) < 4.78 is 1.97. The molecular weight excluding hydrogens is 200 g/mol. The van der Waals surface area contributed by atoms with Crippen LogP contribution in [0.4, 0.5) is 5.95 Å². The Morgan fingerprint density at radius 2 is 2.00 bits per heavy atom. The first-order valence-electron chi connectivity index (χ1n) is 6.05. The number of allylic oxidation sites excluding steroid dienone is 1. The largest absolute Gasteiger partial charge is 0.340 e. The Balaban J connectivity index is 2.27. The minimum atomic E-state index is 0.875. The highest BCUT2D eigenvalue weighted by Crippen LogP contribution is 2.17. The van der Waals surface area contributed by atoms with E-state index in [9.17, 15) is 0 Å². The molecule has 0 spiro atoms. The van der Waals surface area contributed by atoms with Gasteiger partial charge in [-0.25, -0.2) is 4.68 Å². The summed E-state index contributed by atoms with van der Waals surface area (Å²) in [6.45, 7) is 9.35. The van der Waals surface area contributed by atoms with Crippen LogP contribution >= 0.6 is 0 Å². The molecule has 1 aliphatic rings. The van der Waals surface area contributed by atoms with Gasteiger partial charge in [-0.2, -0.15) is 4.98 Å². The molecule has 0 amide bonds. The van der Waals surface area contributed by atoms with Crippen molar-refractivity contribution in [1.82, 2.24) is 14.8 Å². The second-order valence-corrected chi connectivity index (χ2v) is 4.50. The van der Waals surface area contributed by atoms with Crippen molar-refractivity contribution in [1.29, 1.82) is 0 Å². The standard InChI is InChI=1S/C12H20N4/c1-4-16-11(9-10(2)3)13-12(14-16)15-7-5-6-8-15/h9H,4-8H2,1-3H3. The van der Waals surface area contributed by atoms with E-state index in [0.29, 0.717) is 0 Å². The summed E-state index contributed by atoms with van der Waals surface area (Å²) in [5.74, 6) is 1.87. The van der Waals surface area contributed by atoms with Crippen LogP contribution in [0.15, 0.2) is 5.57 Å². The molecule has 0 aromatic carbocycles. The van der Waals surface area contributed by atoms with Gasteiger partial charge in [-0.15, -0.1) is 5.10 Å². The van der Waals surface area contributed by atoms with E-state index in [-0.39, 0.29) is 0 Å². The van der Waals surface area contributed by atoms with Crippen LogP contribution < -0.4 is 4.90 Å². The van der Waals surface area contributed by atoms with E-state index >= 15 is 0 Å². The van der Waals surface area contributed by atoms with Gasteiger partial charge in [0.2, 0.25) is 5.95 Å². The fraction of sp³-hybridized carbons (Fsp3) is 0.667. The summed E-state index contributed by atoms with van der Waals surface area (Å²) in [6.07, 6.45) is 4.62. The van der Waals surface area contributed by atoms with Crippen molar-refractivity contribution in [3.05, 3.63) is 11.4 Å². The SMILES string of the molecule is CCn1nc(N2CCCC2)nc1C=C(C)C. The molecule has 4 nitrogen and oxygen atoms in total. The second kappa shape index (κ2) is 4.68. The lowest BCUT2D eigenvalue weighted by Crippen LogP contribution is -2.19. The maximum Gasteiger partial charge on any atom is 0.245 e. The summed E-state index contributed by atoms with van der Waals surface area (Å²) in [5, 5.41) is 4.55. The molecule has 0 atom stereocenters. The maximum atomic E-state index is 4.60. The molecule has 2 rings (SSSR count). The lowest BCUT2D eigenvalue weighted by molar-refractivity contribution is 0.648. The molecule has 1 aromatic rings. The fourth-order valence-corrected chi connectivity index (χ4v) is 1.99. The highest BCUT2D eigenvalue weighted by molar-refractivity contribution is 5.47. The van der Waals surface area contributed by atoms with E-state index in [1.807, 2.05) is 4.68 Å². The Hall–Kier alpha value is -1.32. The summed E-state index contributed by atoms with van der Waals surface area (Å²) in [4.78, 5) is 6.88. The number of hydrogen-bond donors (Lipinski definition) is 0. The van der Waals surface area contributed by atoms with Gasteiger partial charge >= 0.3 is 0 Å². The minimum Gasteiger partial charge on any atom is -0.340 e. The highest BCUT2D eigenvalue weighted by atomic mass is 15.4. The third kappa shape index (κ3) is 2.26. The van der Waals surface area contributed by atoms with Crippen LogP contribution in [0.25, 0.3) is 6.08 Å². The summed E-state index contributed by atoms with van der Waals surface area (Å²) in [5.41, 5.74) is 1.26. The van der Waals surface area contributed by atoms with Crippen LogP contribution in [0.5, 0.6) is 0 Å². The minimum absolute atomic E-state index is 0.875. The van der Waals surface area contributed by atoms with Gasteiger partial charge in [-0.1, -0.05) is 5.57 Å². The van der Waals surface area contributed by atoms with Crippen LogP contribution in [0.1, 0.15) is 39.4 Å². The third-order valence-electron chi connectivity index (χ3n) is 2.80. The molecule has 0 unspecified atom stereocenters. The fourth-order valence-electron chi connectivity index (χ4n) is 1.99. The normalized spacial score (nSPS) is 15.6. The van der Waals surface area contributed by atoms with E-state index in [0.717, 1.165) is 31.4 Å². The number of nitrogens with zero attached hydrogens (tertiary/aromatic N) is 4. The van der Waals surface area contributed by atoms with Crippen LogP contribution in [0, 0.1) is 0 Å². The predicted octanol–water partition coefficient (Wildman–Crippen LogP) is 2.32. The Labute approximate surface area is 97.0 Å². The summed E-state index contributed by atoms with van der Waals surface area (Å²) in [6, 6.07) is 0. The van der Waals surface area contributed by atoms with Crippen molar-refractivity contribution in [2.45, 2.75) is 40.2 Å². The van der Waals surface area contributed by atoms with Crippen molar-refractivity contribution in [3.63, 3.8) is 0 Å². The van der Waals surface area contributed by atoms with Crippen LogP contribution in [0.3, 0.4) is 0 Å². The Morgan fingerprint density at radius 1 is 1.31 bits per heavy atom. The molecule has 0 saturated carbocycles. The molecule has 4 heteroatoms. The molecule has 1 aliphatic heterocycles. The number of rotatable bonds is 3. The van der Waals surface area contributed by atoms with Gasteiger partial charge in [0.25, 0.3) is 0 Å². The van der Waals surface area contributed by atoms with Crippen LogP contribution in [-0.4, -0.2) is 27.9 Å². The van der Waals surface area contributed by atoms with Gasteiger partial charge in [0, 0.05) is 19.6 Å². The van der Waals surface area contributed by atoms with Crippen molar-refractivity contribution < 1.29 is 0 Å². The molecule has 16 heavy (non-hydrogen) atoms. The van der Waals surface area contributed by atoms with E-state index in [1.165, 1.54) is 18.4 Å². The first kappa shape index (κ1) is 11.2. The zero-order chi connectivity index (χ0) is 11.5. The molecule has 1 aromatic heterocycles. The van der Waals surface area contributed by atoms with E-state index in [1.54, 1.807) is 0 Å². The van der Waals surface area contributed by atoms with Crippen molar-refractivity contribution >= 4 is 12.0 Å². The summed E-state index contributed by atoms with van der Waals surface area (Å²) in [7, 11) is 0. The number of anilines is 1. The van der Waals surface area contributed by atoms with E-state index in [4.69, 9.17) is 0 Å². The molecule has 1 saturated heterocycles. The smallest absolute Gasteiger partial charge is 0.245 e. The molecule has 2 heterocycles. The lowest BCUT2D eigenvalue weighted by Gasteiger charge is -2.10. The van der Waals surface area contributed by atoms with Gasteiger partial charge in [-0.3, -0.25) is 0 Å². The first-order valence-corrected chi connectivity index (χ1v) is 6.05. The van der Waals surface area contributed by atoms with E-state index < -0.39 is 0 Å². The van der Waals surface area contributed by atoms with Gasteiger partial charge in [0.15, 0.2) is 5.82 Å². The third-order valence-corrected chi connectivity index (χ3v) is 2.80. The zero-order valence-corrected chi connectivity index (χ0v) is 10.4. The van der Waals surface area contributed by atoms with Crippen LogP contribution in [-0.2, 0) is 6.54 Å². The Bertz CT molecular complexity index is 382. The van der Waals surface area contributed by atoms with Crippen molar-refractivity contribution in [2.75, 3.05) is 18.0 Å². The Kier molecular flexibility index (Phi) is 3.27. The highest BCUT2D eigenvalue weighted by Gasteiger charge is 2.17. The predicted molar refractivity (Wildman–Crippen MR) is 66.5 cm³/mol. The average Bonchev–Trinajstić information content (AvgIpc) is 2.83. The van der Waals surface area contributed by atoms with Crippen LogP contribution in [0.2, 0.25) is 0 Å². The molecule has 0 aliphatic carbocycles. The topological polar surface area (TPSA) is 34.0 Å². The number of hydrogen-bond acceptors (Lipinski definition) is 3. The summed E-state index contributed by atoms with van der Waals surface area (Å²) >= 11 is 0. The number of aromatic nitrogens is 3. The number of aryl methyl sites for hydroxylation is 1. The molecule has 1 fully saturated rings. The maximum absolute atomic E-state index is 4.60. The van der Waals surface area contributed by atoms with Gasteiger partial charge in [-0.05, 0) is 39.7 Å². The average molecular weight is 220 g/mol. The van der Waals surface area contributed by atoms with E-state index in [2.05, 4.69) is 41.8 Å². The molecule has 0 N–H and O–H groups in total. The molecule has 88 valence electrons. The second-order valence-electron chi connectivity index (χ2n) is 4.50. The zero-order valence-electron chi connectivity index (χ0n) is 10.4. The first-order chi connectivity index (χ1) is 7.70. The van der Waals surface area contributed by atoms with Gasteiger partial charge in [0.1, 0.15) is 0 Å². The molecule has 0 bridgehead atoms. The van der Waals surface area contributed by atoms with Gasteiger partial charge in [0.05, 0.1) is 0 Å².